The Morgan fingerprint density at radius 2 is 1.53 bits per heavy atom. The molecule has 1 aliphatic rings. The molecule has 0 radical (unpaired) electrons. The minimum atomic E-state index is -1.88. The highest BCUT2D eigenvalue weighted by atomic mass is 16.6. The van der Waals surface area contributed by atoms with Crippen LogP contribution in [0, 0.1) is 23.2 Å². The molecule has 4 N–H and O–H groups in total. The second kappa shape index (κ2) is 19.2. The maximum Gasteiger partial charge on any atom is 0.347 e. The Kier molecular flexibility index (Phi) is 16.0. The predicted octanol–water partition coefficient (Wildman–Crippen LogP) is 2.98. The fourth-order valence-corrected chi connectivity index (χ4v) is 5.37. The number of aromatic hydroxyl groups is 1. The second-order valence-electron chi connectivity index (χ2n) is 14.6. The van der Waals surface area contributed by atoms with Crippen LogP contribution in [-0.2, 0) is 52.5 Å². The fourth-order valence-electron chi connectivity index (χ4n) is 5.37. The molecule has 16 heteroatoms. The zero-order valence-electron chi connectivity index (χ0n) is 32.0. The number of carbonyl (C=O) groups is 8. The number of esters is 4. The maximum absolute atomic E-state index is 14.0. The first kappa shape index (κ1) is 44.1. The smallest absolute Gasteiger partial charge is 0.347 e. The first-order valence-electron chi connectivity index (χ1n) is 17.7. The highest BCUT2D eigenvalue weighted by Gasteiger charge is 2.46. The number of phenols is 1. The lowest BCUT2D eigenvalue weighted by Crippen LogP contribution is -2.55. The number of rotatable bonds is 10. The SMILES string of the molecule is CCC(C)C1OC(=O)[C@H](C)OC(=O)C(NC(=O)c2cccc(NC=O)c2O)[C@@H](C)OC(=O)[C@H](CC(C)C)OC(=O)C(C)(C)C(=O)C(CC(C)C)NC1=O. The summed E-state index contributed by atoms with van der Waals surface area (Å²) in [7, 11) is 0. The number of ether oxygens (including phenoxy) is 4. The van der Waals surface area contributed by atoms with Crippen molar-refractivity contribution in [2.75, 3.05) is 5.32 Å². The molecular weight excluding hydrogens is 694 g/mol. The predicted molar refractivity (Wildman–Crippen MR) is 189 cm³/mol. The van der Waals surface area contributed by atoms with Crippen molar-refractivity contribution in [2.24, 2.45) is 23.2 Å². The van der Waals surface area contributed by atoms with Crippen molar-refractivity contribution in [3.63, 3.8) is 0 Å². The van der Waals surface area contributed by atoms with Gasteiger partial charge in [-0.25, -0.2) is 14.4 Å². The minimum Gasteiger partial charge on any atom is -0.505 e. The number of para-hydroxylation sites is 1. The summed E-state index contributed by atoms with van der Waals surface area (Å²) in [5.41, 5.74) is -2.39. The number of hydrogen-bond acceptors (Lipinski definition) is 13. The Labute approximate surface area is 309 Å². The molecule has 0 spiro atoms. The van der Waals surface area contributed by atoms with Crippen LogP contribution < -0.4 is 16.0 Å². The van der Waals surface area contributed by atoms with E-state index in [1.807, 2.05) is 13.8 Å². The summed E-state index contributed by atoms with van der Waals surface area (Å²) >= 11 is 0. The minimum absolute atomic E-state index is 0.0565. The molecule has 7 atom stereocenters. The van der Waals surface area contributed by atoms with Gasteiger partial charge in [-0.2, -0.15) is 0 Å². The Morgan fingerprint density at radius 1 is 0.906 bits per heavy atom. The van der Waals surface area contributed by atoms with E-state index in [0.29, 0.717) is 6.42 Å². The van der Waals surface area contributed by atoms with Gasteiger partial charge in [0.1, 0.15) is 11.5 Å². The summed E-state index contributed by atoms with van der Waals surface area (Å²) in [4.78, 5) is 106. The molecule has 3 amide bonds. The van der Waals surface area contributed by atoms with Gasteiger partial charge >= 0.3 is 23.9 Å². The van der Waals surface area contributed by atoms with E-state index in [0.717, 1.165) is 0 Å². The number of nitrogens with one attached hydrogen (secondary N) is 3. The number of ketones is 1. The fraction of sp³-hybridized carbons (Fsp3) is 0.622. The van der Waals surface area contributed by atoms with Gasteiger partial charge in [-0.1, -0.05) is 47.6 Å². The van der Waals surface area contributed by atoms with Gasteiger partial charge in [0, 0.05) is 5.92 Å². The summed E-state index contributed by atoms with van der Waals surface area (Å²) in [5, 5.41) is 17.8. The molecule has 0 saturated carbocycles. The van der Waals surface area contributed by atoms with Gasteiger partial charge in [0.05, 0.1) is 17.3 Å². The highest BCUT2D eigenvalue weighted by Crippen LogP contribution is 2.29. The van der Waals surface area contributed by atoms with Gasteiger partial charge in [-0.15, -0.1) is 0 Å². The van der Waals surface area contributed by atoms with Crippen molar-refractivity contribution < 1.29 is 62.4 Å². The van der Waals surface area contributed by atoms with Crippen LogP contribution in [0.4, 0.5) is 5.69 Å². The van der Waals surface area contributed by atoms with Gasteiger partial charge in [0.25, 0.3) is 11.8 Å². The molecule has 4 unspecified atom stereocenters. The lowest BCUT2D eigenvalue weighted by atomic mass is 9.81. The quantitative estimate of drug-likeness (QED) is 0.0888. The number of benzene rings is 1. The Balaban J connectivity index is 2.68. The summed E-state index contributed by atoms with van der Waals surface area (Å²) in [6.45, 7) is 15.5. The monoisotopic (exact) mass is 747 g/mol. The molecule has 294 valence electrons. The van der Waals surface area contributed by atoms with Crippen molar-refractivity contribution in [3.8, 4) is 5.75 Å². The standard InChI is InChI=1S/C37H53N3O13/c1-11-20(6)29-32(45)39-25(15-18(2)3)30(43)37(9,10)36(49)52-26(16-19(4)5)34(47)50-21(7)27(35(48)51-22(8)33(46)53-29)40-31(44)23-13-12-14-24(28(23)42)38-17-41/h12-14,17-22,25-27,29,42H,11,15-16H2,1-10H3,(H,38,41)(H,39,45)(H,40,44)/t20?,21-,22+,25?,26+,27?,29?/m1/s1. The number of hydrogen-bond donors (Lipinski definition) is 4. The lowest BCUT2D eigenvalue weighted by molar-refractivity contribution is -0.183. The molecular formula is C37H53N3O13. The number of Topliss-reactive ketones (excluding diaryl/α,β-unsaturated/α-hetero) is 1. The van der Waals surface area contributed by atoms with Crippen LogP contribution in [0.25, 0.3) is 0 Å². The number of amides is 3. The molecule has 0 aromatic heterocycles. The zero-order valence-corrected chi connectivity index (χ0v) is 32.0. The molecule has 1 heterocycles. The average molecular weight is 748 g/mol. The molecule has 1 fully saturated rings. The first-order chi connectivity index (χ1) is 24.7. The van der Waals surface area contributed by atoms with Crippen LogP contribution in [0.5, 0.6) is 5.75 Å². The molecule has 1 saturated heterocycles. The molecule has 0 aliphatic carbocycles. The maximum atomic E-state index is 14.0. The van der Waals surface area contributed by atoms with Crippen molar-refractivity contribution in [2.45, 2.75) is 125 Å². The number of carbonyl (C=O) groups excluding carboxylic acids is 8. The van der Waals surface area contributed by atoms with Crippen molar-refractivity contribution in [1.29, 1.82) is 0 Å². The Morgan fingerprint density at radius 3 is 2.09 bits per heavy atom. The van der Waals surface area contributed by atoms with Gasteiger partial charge < -0.3 is 40.0 Å². The third-order valence-electron chi connectivity index (χ3n) is 8.76. The Hall–Kier alpha value is -5.02. The largest absolute Gasteiger partial charge is 0.505 e. The summed E-state index contributed by atoms with van der Waals surface area (Å²) < 4.78 is 22.1. The molecule has 0 bridgehead atoms. The topological polar surface area (TPSA) is 230 Å². The van der Waals surface area contributed by atoms with Gasteiger partial charge in [-0.05, 0) is 70.9 Å². The van der Waals surface area contributed by atoms with E-state index in [4.69, 9.17) is 18.9 Å². The van der Waals surface area contributed by atoms with Crippen LogP contribution in [0.15, 0.2) is 18.2 Å². The number of anilines is 1. The molecule has 2 rings (SSSR count). The molecule has 16 nitrogen and oxygen atoms in total. The van der Waals surface area contributed by atoms with E-state index in [1.54, 1.807) is 27.7 Å². The van der Waals surface area contributed by atoms with Gasteiger partial charge in [0.15, 0.2) is 35.9 Å². The molecule has 1 aliphatic heterocycles. The second-order valence-corrected chi connectivity index (χ2v) is 14.6. The van der Waals surface area contributed by atoms with Gasteiger partial charge in [-0.3, -0.25) is 24.0 Å². The van der Waals surface area contributed by atoms with E-state index in [9.17, 15) is 43.5 Å². The third-order valence-corrected chi connectivity index (χ3v) is 8.76. The van der Waals surface area contributed by atoms with E-state index >= 15 is 0 Å². The Bertz CT molecular complexity index is 1540. The summed E-state index contributed by atoms with van der Waals surface area (Å²) in [6, 6.07) is 0.804. The average Bonchev–Trinajstić information content (AvgIpc) is 3.07. The van der Waals surface area contributed by atoms with E-state index in [1.165, 1.54) is 45.9 Å². The normalized spacial score (nSPS) is 25.5. The van der Waals surface area contributed by atoms with Crippen LogP contribution in [0.2, 0.25) is 0 Å². The summed E-state index contributed by atoms with van der Waals surface area (Å²) in [6.07, 6.45) is -5.50. The van der Waals surface area contributed by atoms with E-state index in [2.05, 4.69) is 16.0 Å². The molecule has 1 aromatic carbocycles. The zero-order chi connectivity index (χ0) is 40.4. The first-order valence-corrected chi connectivity index (χ1v) is 17.7. The van der Waals surface area contributed by atoms with Crippen LogP contribution in [-0.4, -0.2) is 89.5 Å². The van der Waals surface area contributed by atoms with E-state index < -0.39 is 95.1 Å². The number of cyclic esters (lactones) is 4. The van der Waals surface area contributed by atoms with Crippen molar-refractivity contribution in [1.82, 2.24) is 10.6 Å². The van der Waals surface area contributed by atoms with Crippen LogP contribution in [0.3, 0.4) is 0 Å². The molecule has 1 aromatic rings. The molecule has 53 heavy (non-hydrogen) atoms. The van der Waals surface area contributed by atoms with E-state index in [-0.39, 0.29) is 42.3 Å². The highest BCUT2D eigenvalue weighted by molar-refractivity contribution is 6.07. The van der Waals surface area contributed by atoms with Crippen molar-refractivity contribution >= 4 is 53.6 Å². The van der Waals surface area contributed by atoms with Crippen LogP contribution in [0.1, 0.15) is 98.9 Å². The van der Waals surface area contributed by atoms with Crippen molar-refractivity contribution in [3.05, 3.63) is 23.8 Å². The van der Waals surface area contributed by atoms with Gasteiger partial charge in [0.2, 0.25) is 6.41 Å². The number of phenolic OH excluding ortho intramolecular Hbond substituents is 1. The lowest BCUT2D eigenvalue weighted by Gasteiger charge is -2.32. The summed E-state index contributed by atoms with van der Waals surface area (Å²) in [5.74, 6) is -8.75. The van der Waals surface area contributed by atoms with Crippen LogP contribution >= 0.6 is 0 Å². The third kappa shape index (κ3) is 11.7.